The number of nitrogens with one attached hydrogen (secondary N) is 1. The molecule has 0 fully saturated rings. The zero-order chi connectivity index (χ0) is 18.1. The highest BCUT2D eigenvalue weighted by molar-refractivity contribution is 5.75. The largest absolute Gasteiger partial charge is 0.495 e. The van der Waals surface area contributed by atoms with Crippen molar-refractivity contribution < 1.29 is 4.74 Å². The fraction of sp³-hybridized carbons (Fsp3) is 0.105. The molecule has 7 nitrogen and oxygen atoms in total. The van der Waals surface area contributed by atoms with Crippen LogP contribution < -0.4 is 16.2 Å². The number of H-pyrrole nitrogens is 1. The van der Waals surface area contributed by atoms with Crippen molar-refractivity contribution in [2.45, 2.75) is 6.54 Å². The average molecular weight is 347 g/mol. The van der Waals surface area contributed by atoms with Crippen molar-refractivity contribution in [1.82, 2.24) is 19.5 Å². The summed E-state index contributed by atoms with van der Waals surface area (Å²) in [6.45, 7) is 0.478. The van der Waals surface area contributed by atoms with Gasteiger partial charge < -0.3 is 15.5 Å². The minimum atomic E-state index is -0.297. The Bertz CT molecular complexity index is 1130. The first-order chi connectivity index (χ1) is 12.7. The van der Waals surface area contributed by atoms with E-state index in [0.29, 0.717) is 35.0 Å². The molecule has 0 aliphatic carbocycles. The molecule has 0 unspecified atom stereocenters. The molecule has 7 heteroatoms. The second kappa shape index (κ2) is 6.45. The lowest BCUT2D eigenvalue weighted by Gasteiger charge is -2.09. The summed E-state index contributed by atoms with van der Waals surface area (Å²) in [4.78, 5) is 24.3. The van der Waals surface area contributed by atoms with Gasteiger partial charge in [0.2, 0.25) is 0 Å². The normalized spacial score (nSPS) is 11.0. The molecule has 130 valence electrons. The van der Waals surface area contributed by atoms with Crippen molar-refractivity contribution in [2.75, 3.05) is 7.11 Å². The Hall–Kier alpha value is -3.45. The monoisotopic (exact) mass is 347 g/mol. The Kier molecular flexibility index (Phi) is 3.98. The lowest BCUT2D eigenvalue weighted by Crippen LogP contribution is -2.15. The summed E-state index contributed by atoms with van der Waals surface area (Å²) in [5.41, 5.74) is 8.90. The van der Waals surface area contributed by atoms with Crippen LogP contribution in [0.2, 0.25) is 0 Å². The molecule has 0 atom stereocenters. The maximum Gasteiger partial charge on any atom is 0.332 e. The molecular formula is C19H17N5O2. The number of imidazole rings is 1. The van der Waals surface area contributed by atoms with Crippen LogP contribution in [0.15, 0.2) is 59.5 Å². The highest BCUT2D eigenvalue weighted by Gasteiger charge is 2.15. The van der Waals surface area contributed by atoms with Crippen molar-refractivity contribution in [1.29, 1.82) is 0 Å². The number of benzene rings is 2. The summed E-state index contributed by atoms with van der Waals surface area (Å²) >= 11 is 0. The second-order valence-electron chi connectivity index (χ2n) is 5.77. The molecule has 0 amide bonds. The van der Waals surface area contributed by atoms with Crippen molar-refractivity contribution in [3.8, 4) is 22.8 Å². The van der Waals surface area contributed by atoms with Gasteiger partial charge in [-0.1, -0.05) is 36.4 Å². The smallest absolute Gasteiger partial charge is 0.332 e. The van der Waals surface area contributed by atoms with Crippen LogP contribution in [0.3, 0.4) is 0 Å². The van der Waals surface area contributed by atoms with Crippen LogP contribution in [-0.2, 0) is 6.54 Å². The zero-order valence-corrected chi connectivity index (χ0v) is 14.1. The van der Waals surface area contributed by atoms with E-state index >= 15 is 0 Å². The van der Waals surface area contributed by atoms with E-state index in [9.17, 15) is 4.79 Å². The topological polar surface area (TPSA) is 98.8 Å². The van der Waals surface area contributed by atoms with Gasteiger partial charge in [-0.2, -0.15) is 0 Å². The Labute approximate surface area is 149 Å². The molecule has 0 saturated heterocycles. The van der Waals surface area contributed by atoms with E-state index in [-0.39, 0.29) is 5.69 Å². The minimum absolute atomic E-state index is 0.297. The number of para-hydroxylation sites is 2. The van der Waals surface area contributed by atoms with E-state index in [1.807, 2.05) is 42.5 Å². The average Bonchev–Trinajstić information content (AvgIpc) is 3.02. The molecule has 2 aromatic carbocycles. The van der Waals surface area contributed by atoms with Crippen LogP contribution in [-0.4, -0.2) is 26.6 Å². The molecule has 4 rings (SSSR count). The molecule has 0 radical (unpaired) electrons. The highest BCUT2D eigenvalue weighted by Crippen LogP contribution is 2.24. The van der Waals surface area contributed by atoms with Gasteiger partial charge in [-0.25, -0.2) is 19.3 Å². The van der Waals surface area contributed by atoms with Gasteiger partial charge in [0.15, 0.2) is 11.5 Å². The third-order valence-electron chi connectivity index (χ3n) is 4.20. The molecule has 26 heavy (non-hydrogen) atoms. The first-order valence-electron chi connectivity index (χ1n) is 8.12. The second-order valence-corrected chi connectivity index (χ2v) is 5.77. The molecular weight excluding hydrogens is 330 g/mol. The molecule has 0 bridgehead atoms. The minimum Gasteiger partial charge on any atom is -0.495 e. The summed E-state index contributed by atoms with van der Waals surface area (Å²) in [7, 11) is 1.57. The summed E-state index contributed by atoms with van der Waals surface area (Å²) < 4.78 is 6.88. The van der Waals surface area contributed by atoms with Crippen LogP contribution in [0.25, 0.3) is 28.2 Å². The van der Waals surface area contributed by atoms with E-state index < -0.39 is 0 Å². The molecule has 3 N–H and O–H groups in total. The van der Waals surface area contributed by atoms with E-state index in [4.69, 9.17) is 10.5 Å². The predicted octanol–water partition coefficient (Wildman–Crippen LogP) is 2.24. The highest BCUT2D eigenvalue weighted by atomic mass is 16.5. The van der Waals surface area contributed by atoms with Crippen LogP contribution in [0, 0.1) is 0 Å². The summed E-state index contributed by atoms with van der Waals surface area (Å²) in [6, 6.07) is 15.0. The third-order valence-corrected chi connectivity index (χ3v) is 4.20. The van der Waals surface area contributed by atoms with Crippen molar-refractivity contribution in [3.63, 3.8) is 0 Å². The molecule has 0 aliphatic rings. The molecule has 0 spiro atoms. The Balaban J connectivity index is 1.91. The van der Waals surface area contributed by atoms with E-state index in [2.05, 4.69) is 15.0 Å². The lowest BCUT2D eigenvalue weighted by molar-refractivity contribution is 0.413. The van der Waals surface area contributed by atoms with E-state index in [1.165, 1.54) is 4.57 Å². The van der Waals surface area contributed by atoms with Crippen LogP contribution in [0.1, 0.15) is 5.56 Å². The van der Waals surface area contributed by atoms with Gasteiger partial charge in [-0.15, -0.1) is 0 Å². The quantitative estimate of drug-likeness (QED) is 0.590. The molecule has 0 saturated carbocycles. The van der Waals surface area contributed by atoms with Gasteiger partial charge in [0.05, 0.1) is 19.0 Å². The van der Waals surface area contributed by atoms with Crippen LogP contribution in [0.4, 0.5) is 0 Å². The molecule has 0 aliphatic heterocycles. The van der Waals surface area contributed by atoms with Gasteiger partial charge in [0.1, 0.15) is 11.3 Å². The van der Waals surface area contributed by atoms with Gasteiger partial charge >= 0.3 is 5.69 Å². The zero-order valence-electron chi connectivity index (χ0n) is 14.1. The number of aromatic amines is 1. The molecule has 4 aromatic rings. The summed E-state index contributed by atoms with van der Waals surface area (Å²) in [6.07, 6.45) is 1.61. The van der Waals surface area contributed by atoms with Gasteiger partial charge in [-0.3, -0.25) is 0 Å². The number of ether oxygens (including phenoxy) is 1. The standard InChI is InChI=1S/C19H17N5O2/c1-26-16-5-3-2-4-15(16)24-18-14(22-19(24)25)11-21-17(23-18)13-8-6-12(10-20)7-9-13/h2-9,11H,10,20H2,1H3,(H,22,25). The number of nitrogens with zero attached hydrogens (tertiary/aromatic N) is 3. The number of hydrogen-bond donors (Lipinski definition) is 2. The third kappa shape index (κ3) is 2.64. The fourth-order valence-electron chi connectivity index (χ4n) is 2.87. The maximum absolute atomic E-state index is 12.5. The number of fused-ring (bicyclic) bond motifs is 1. The lowest BCUT2D eigenvalue weighted by atomic mass is 10.1. The van der Waals surface area contributed by atoms with E-state index in [0.717, 1.165) is 11.1 Å². The number of hydrogen-bond acceptors (Lipinski definition) is 5. The Morgan fingerprint density at radius 1 is 1.15 bits per heavy atom. The number of methoxy groups -OCH3 is 1. The number of nitrogens with two attached hydrogens (primary N) is 1. The van der Waals surface area contributed by atoms with Crippen molar-refractivity contribution >= 4 is 11.2 Å². The van der Waals surface area contributed by atoms with Gasteiger partial charge in [-0.05, 0) is 17.7 Å². The maximum atomic E-state index is 12.5. The van der Waals surface area contributed by atoms with Gasteiger partial charge in [0, 0.05) is 12.1 Å². The van der Waals surface area contributed by atoms with E-state index in [1.54, 1.807) is 19.4 Å². The fourth-order valence-corrected chi connectivity index (χ4v) is 2.87. The molecule has 2 aromatic heterocycles. The summed E-state index contributed by atoms with van der Waals surface area (Å²) in [5.74, 6) is 1.12. The van der Waals surface area contributed by atoms with Crippen molar-refractivity contribution in [2.24, 2.45) is 5.73 Å². The first-order valence-corrected chi connectivity index (χ1v) is 8.12. The van der Waals surface area contributed by atoms with Crippen LogP contribution in [0.5, 0.6) is 5.75 Å². The van der Waals surface area contributed by atoms with Crippen LogP contribution >= 0.6 is 0 Å². The Morgan fingerprint density at radius 3 is 2.65 bits per heavy atom. The van der Waals surface area contributed by atoms with Gasteiger partial charge in [0.25, 0.3) is 0 Å². The first kappa shape index (κ1) is 16.0. The number of aromatic nitrogens is 4. The van der Waals surface area contributed by atoms with Crippen molar-refractivity contribution in [3.05, 3.63) is 70.8 Å². The summed E-state index contributed by atoms with van der Waals surface area (Å²) in [5, 5.41) is 0. The SMILES string of the molecule is COc1ccccc1-n1c(=O)[nH]c2cnc(-c3ccc(CN)cc3)nc21. The molecule has 2 heterocycles. The Morgan fingerprint density at radius 2 is 1.92 bits per heavy atom. The predicted molar refractivity (Wildman–Crippen MR) is 99.4 cm³/mol. The number of rotatable bonds is 4.